The molecule has 2 unspecified atom stereocenters. The maximum absolute atomic E-state index is 11.8. The summed E-state index contributed by atoms with van der Waals surface area (Å²) in [7, 11) is 0. The van der Waals surface area contributed by atoms with E-state index in [1.807, 2.05) is 0 Å². The molecule has 0 aliphatic rings. The second-order valence-electron chi connectivity index (χ2n) is 4.48. The van der Waals surface area contributed by atoms with Crippen molar-refractivity contribution in [2.45, 2.75) is 32.4 Å². The Morgan fingerprint density at radius 2 is 1.86 bits per heavy atom. The number of hydrogen-bond acceptors (Lipinski definition) is 3. The molecule has 1 rings (SSSR count). The summed E-state index contributed by atoms with van der Waals surface area (Å²) in [4.78, 5) is 23.1. The van der Waals surface area contributed by atoms with Crippen LogP contribution in [0.2, 0.25) is 10.0 Å². The van der Waals surface area contributed by atoms with E-state index in [1.165, 1.54) is 0 Å². The first kappa shape index (κ1) is 17.8. The summed E-state index contributed by atoms with van der Waals surface area (Å²) in [5, 5.41) is 12.5. The van der Waals surface area contributed by atoms with Gasteiger partial charge < -0.3 is 15.2 Å². The van der Waals surface area contributed by atoms with Gasteiger partial charge in [-0.3, -0.25) is 4.79 Å². The number of halogens is 2. The Bertz CT molecular complexity index is 501. The normalized spacial score (nSPS) is 13.5. The van der Waals surface area contributed by atoms with E-state index in [9.17, 15) is 14.7 Å². The molecule has 0 fully saturated rings. The molecule has 0 radical (unpaired) electrons. The van der Waals surface area contributed by atoms with Crippen molar-refractivity contribution in [2.75, 3.05) is 6.61 Å². The van der Waals surface area contributed by atoms with Crippen molar-refractivity contribution in [3.8, 4) is 0 Å². The molecule has 5 nitrogen and oxygen atoms in total. The maximum Gasteiger partial charge on any atom is 0.326 e. The van der Waals surface area contributed by atoms with Crippen molar-refractivity contribution >= 4 is 35.1 Å². The Morgan fingerprint density at radius 3 is 2.33 bits per heavy atom. The van der Waals surface area contributed by atoms with Gasteiger partial charge in [-0.15, -0.1) is 0 Å². The van der Waals surface area contributed by atoms with Crippen molar-refractivity contribution in [1.29, 1.82) is 0 Å². The average Bonchev–Trinajstić information content (AvgIpc) is 2.36. The number of hydrogen-bond donors (Lipinski definition) is 2. The lowest BCUT2D eigenvalue weighted by molar-refractivity contribution is -0.143. The average molecular weight is 334 g/mol. The van der Waals surface area contributed by atoms with Gasteiger partial charge in [-0.1, -0.05) is 23.2 Å². The molecule has 0 heterocycles. The summed E-state index contributed by atoms with van der Waals surface area (Å²) in [6.07, 6.45) is -0.625. The third-order valence-electron chi connectivity index (χ3n) is 2.76. The second-order valence-corrected chi connectivity index (χ2v) is 5.35. The molecule has 0 bridgehead atoms. The summed E-state index contributed by atoms with van der Waals surface area (Å²) in [6.45, 7) is 3.69. The van der Waals surface area contributed by atoms with Gasteiger partial charge in [-0.25, -0.2) is 4.79 Å². The summed E-state index contributed by atoms with van der Waals surface area (Å²) in [6, 6.07) is 3.70. The fraction of sp³-hybridized carbons (Fsp3) is 0.429. The molecule has 2 N–H and O–H groups in total. The zero-order valence-electron chi connectivity index (χ0n) is 11.7. The van der Waals surface area contributed by atoms with E-state index in [4.69, 9.17) is 27.9 Å². The van der Waals surface area contributed by atoms with Gasteiger partial charge in [0.1, 0.15) is 12.1 Å². The van der Waals surface area contributed by atoms with E-state index in [1.54, 1.807) is 32.0 Å². The number of carbonyl (C=O) groups is 2. The van der Waals surface area contributed by atoms with Crippen LogP contribution in [0.1, 0.15) is 19.4 Å². The molecular weight excluding hydrogens is 317 g/mol. The summed E-state index contributed by atoms with van der Waals surface area (Å²) < 4.78 is 5.13. The van der Waals surface area contributed by atoms with Crippen LogP contribution in [0.15, 0.2) is 18.2 Å². The quantitative estimate of drug-likeness (QED) is 0.803. The van der Waals surface area contributed by atoms with Gasteiger partial charge in [0.2, 0.25) is 5.91 Å². The van der Waals surface area contributed by atoms with Crippen LogP contribution < -0.4 is 5.32 Å². The topological polar surface area (TPSA) is 75.6 Å². The minimum Gasteiger partial charge on any atom is -0.480 e. The summed E-state index contributed by atoms with van der Waals surface area (Å²) in [5.41, 5.74) is 0.629. The Labute approximate surface area is 133 Å². The number of ether oxygens (including phenoxy) is 1. The number of carboxylic acids is 1. The van der Waals surface area contributed by atoms with Crippen LogP contribution in [0.3, 0.4) is 0 Å². The van der Waals surface area contributed by atoms with E-state index < -0.39 is 24.0 Å². The van der Waals surface area contributed by atoms with Gasteiger partial charge in [-0.05, 0) is 37.6 Å². The third-order valence-corrected chi connectivity index (χ3v) is 3.20. The molecule has 0 aliphatic heterocycles. The number of rotatable bonds is 7. The van der Waals surface area contributed by atoms with E-state index in [2.05, 4.69) is 5.32 Å². The molecule has 0 aromatic heterocycles. The highest BCUT2D eigenvalue weighted by molar-refractivity contribution is 6.34. The number of nitrogens with one attached hydrogen (secondary N) is 1. The standard InChI is InChI=1S/C14H17Cl2NO4/c1-3-21-8(2)13(18)17-12(14(19)20)6-9-4-10(15)7-11(16)5-9/h4-5,7-8,12H,3,6H2,1-2H3,(H,17,18)(H,19,20). The third kappa shape index (κ3) is 5.91. The Kier molecular flexibility index (Phi) is 6.95. The first-order chi connectivity index (χ1) is 9.83. The summed E-state index contributed by atoms with van der Waals surface area (Å²) >= 11 is 11.7. The molecule has 0 spiro atoms. The lowest BCUT2D eigenvalue weighted by atomic mass is 10.1. The van der Waals surface area contributed by atoms with E-state index in [0.29, 0.717) is 22.2 Å². The Hall–Kier alpha value is -1.30. The van der Waals surface area contributed by atoms with Crippen LogP contribution >= 0.6 is 23.2 Å². The molecule has 1 aromatic carbocycles. The van der Waals surface area contributed by atoms with Crippen LogP contribution in [0.4, 0.5) is 0 Å². The molecule has 0 saturated heterocycles. The zero-order valence-corrected chi connectivity index (χ0v) is 13.2. The van der Waals surface area contributed by atoms with Gasteiger partial charge in [0.25, 0.3) is 0 Å². The number of carbonyl (C=O) groups excluding carboxylic acids is 1. The lowest BCUT2D eigenvalue weighted by Crippen LogP contribution is -2.46. The fourth-order valence-electron chi connectivity index (χ4n) is 1.78. The van der Waals surface area contributed by atoms with Crippen LogP contribution in [-0.2, 0) is 20.7 Å². The Morgan fingerprint density at radius 1 is 1.29 bits per heavy atom. The Balaban J connectivity index is 2.78. The lowest BCUT2D eigenvalue weighted by Gasteiger charge is -2.18. The van der Waals surface area contributed by atoms with Crippen LogP contribution in [-0.4, -0.2) is 35.7 Å². The SMILES string of the molecule is CCOC(C)C(=O)NC(Cc1cc(Cl)cc(Cl)c1)C(=O)O. The highest BCUT2D eigenvalue weighted by atomic mass is 35.5. The molecule has 1 aromatic rings. The van der Waals surface area contributed by atoms with Crippen LogP contribution in [0.5, 0.6) is 0 Å². The molecule has 1 amide bonds. The number of carboxylic acid groups (broad SMARTS) is 1. The van der Waals surface area contributed by atoms with Crippen molar-refractivity contribution in [3.05, 3.63) is 33.8 Å². The minimum absolute atomic E-state index is 0.0835. The molecule has 7 heteroatoms. The highest BCUT2D eigenvalue weighted by Gasteiger charge is 2.23. The highest BCUT2D eigenvalue weighted by Crippen LogP contribution is 2.20. The second kappa shape index (κ2) is 8.22. The van der Waals surface area contributed by atoms with Crippen molar-refractivity contribution in [2.24, 2.45) is 0 Å². The zero-order chi connectivity index (χ0) is 16.0. The molecule has 0 aliphatic carbocycles. The number of amides is 1. The maximum atomic E-state index is 11.8. The van der Waals surface area contributed by atoms with Gasteiger partial charge in [0.05, 0.1) is 0 Å². The first-order valence-electron chi connectivity index (χ1n) is 6.43. The number of aliphatic carboxylic acids is 1. The van der Waals surface area contributed by atoms with E-state index in [0.717, 1.165) is 0 Å². The van der Waals surface area contributed by atoms with Crippen molar-refractivity contribution < 1.29 is 19.4 Å². The van der Waals surface area contributed by atoms with Crippen molar-refractivity contribution in [1.82, 2.24) is 5.32 Å². The molecule has 2 atom stereocenters. The summed E-state index contributed by atoms with van der Waals surface area (Å²) in [5.74, 6) is -1.61. The van der Waals surface area contributed by atoms with Gasteiger partial charge >= 0.3 is 5.97 Å². The molecule has 116 valence electrons. The molecular formula is C14H17Cl2NO4. The minimum atomic E-state index is -1.14. The number of benzene rings is 1. The van der Waals surface area contributed by atoms with E-state index in [-0.39, 0.29) is 6.42 Å². The predicted molar refractivity (Wildman–Crippen MR) is 80.8 cm³/mol. The smallest absolute Gasteiger partial charge is 0.326 e. The monoisotopic (exact) mass is 333 g/mol. The first-order valence-corrected chi connectivity index (χ1v) is 7.18. The van der Waals surface area contributed by atoms with Gasteiger partial charge in [0.15, 0.2) is 0 Å². The van der Waals surface area contributed by atoms with Crippen LogP contribution in [0.25, 0.3) is 0 Å². The predicted octanol–water partition coefficient (Wildman–Crippen LogP) is 2.53. The fourth-order valence-corrected chi connectivity index (χ4v) is 2.35. The van der Waals surface area contributed by atoms with Crippen LogP contribution in [0, 0.1) is 0 Å². The van der Waals surface area contributed by atoms with Gasteiger partial charge in [0, 0.05) is 23.1 Å². The van der Waals surface area contributed by atoms with E-state index >= 15 is 0 Å². The molecule has 21 heavy (non-hydrogen) atoms. The molecule has 0 saturated carbocycles. The largest absolute Gasteiger partial charge is 0.480 e. The van der Waals surface area contributed by atoms with Gasteiger partial charge in [-0.2, -0.15) is 0 Å². The van der Waals surface area contributed by atoms with Crippen molar-refractivity contribution in [3.63, 3.8) is 0 Å².